The zero-order chi connectivity index (χ0) is 15.4. The van der Waals surface area contributed by atoms with E-state index in [4.69, 9.17) is 0 Å². The summed E-state index contributed by atoms with van der Waals surface area (Å²) in [5.74, 6) is -0.115. The number of hydrogen-bond donors (Lipinski definition) is 1. The third-order valence-corrected chi connectivity index (χ3v) is 4.82. The van der Waals surface area contributed by atoms with Crippen LogP contribution in [0.15, 0.2) is 41.8 Å². The number of carbonyl (C=O) groups is 1. The molecule has 1 amide bonds. The van der Waals surface area contributed by atoms with Crippen molar-refractivity contribution in [2.24, 2.45) is 0 Å². The van der Waals surface area contributed by atoms with Gasteiger partial charge in [0.05, 0.1) is 6.42 Å². The number of nitrogens with zero attached hydrogens (tertiary/aromatic N) is 1. The third kappa shape index (κ3) is 3.85. The predicted molar refractivity (Wildman–Crippen MR) is 87.8 cm³/mol. The lowest BCUT2D eigenvalue weighted by molar-refractivity contribution is -0.121. The number of nitrogens with one attached hydrogen (secondary N) is 1. The molecule has 0 aliphatic carbocycles. The van der Waals surface area contributed by atoms with Crippen molar-refractivity contribution in [1.29, 1.82) is 0 Å². The molecule has 0 saturated carbocycles. The van der Waals surface area contributed by atoms with E-state index >= 15 is 0 Å². The number of anilines is 1. The molecule has 5 heteroatoms. The summed E-state index contributed by atoms with van der Waals surface area (Å²) in [5.41, 5.74) is 0.920. The standard InChI is InChI=1S/C17H19FN2OS/c18-13-3-1-4-15(11-13)20-8-6-14(7-9-20)19-17(21)12-16-5-2-10-22-16/h1-5,10-11,14H,6-9,12H2,(H,19,21). The molecular weight excluding hydrogens is 299 g/mol. The van der Waals surface area contributed by atoms with E-state index in [2.05, 4.69) is 10.2 Å². The van der Waals surface area contributed by atoms with Crippen LogP contribution in [0.3, 0.4) is 0 Å². The second-order valence-corrected chi connectivity index (χ2v) is 6.60. The van der Waals surface area contributed by atoms with Crippen LogP contribution in [0.25, 0.3) is 0 Å². The highest BCUT2D eigenvalue weighted by Crippen LogP contribution is 2.21. The summed E-state index contributed by atoms with van der Waals surface area (Å²) in [4.78, 5) is 15.3. The molecule has 1 aromatic carbocycles. The Hall–Kier alpha value is -1.88. The van der Waals surface area contributed by atoms with Gasteiger partial charge in [0.25, 0.3) is 0 Å². The van der Waals surface area contributed by atoms with Crippen molar-refractivity contribution in [3.05, 3.63) is 52.5 Å². The molecule has 2 aromatic rings. The fourth-order valence-electron chi connectivity index (χ4n) is 2.80. The molecule has 0 unspecified atom stereocenters. The Morgan fingerprint density at radius 3 is 2.77 bits per heavy atom. The summed E-state index contributed by atoms with van der Waals surface area (Å²) < 4.78 is 13.3. The van der Waals surface area contributed by atoms with E-state index in [1.807, 2.05) is 23.6 Å². The summed E-state index contributed by atoms with van der Waals surface area (Å²) in [5, 5.41) is 5.09. The van der Waals surface area contributed by atoms with Crippen LogP contribution in [0.2, 0.25) is 0 Å². The molecular formula is C17H19FN2OS. The van der Waals surface area contributed by atoms with Crippen LogP contribution >= 0.6 is 11.3 Å². The van der Waals surface area contributed by atoms with Gasteiger partial charge in [-0.15, -0.1) is 11.3 Å². The Morgan fingerprint density at radius 1 is 1.27 bits per heavy atom. The van der Waals surface area contributed by atoms with E-state index in [0.717, 1.165) is 36.5 Å². The number of halogens is 1. The molecule has 1 aliphatic rings. The summed E-state index contributed by atoms with van der Waals surface area (Å²) in [7, 11) is 0. The smallest absolute Gasteiger partial charge is 0.225 e. The summed E-state index contributed by atoms with van der Waals surface area (Å²) in [6.45, 7) is 1.68. The molecule has 3 rings (SSSR count). The van der Waals surface area contributed by atoms with Gasteiger partial charge in [-0.3, -0.25) is 4.79 Å². The summed E-state index contributed by atoms with van der Waals surface area (Å²) >= 11 is 1.61. The number of amides is 1. The van der Waals surface area contributed by atoms with E-state index in [1.165, 1.54) is 6.07 Å². The molecule has 1 aromatic heterocycles. The molecule has 1 aliphatic heterocycles. The SMILES string of the molecule is O=C(Cc1cccs1)NC1CCN(c2cccc(F)c2)CC1. The van der Waals surface area contributed by atoms with Gasteiger partial charge < -0.3 is 10.2 Å². The molecule has 0 atom stereocenters. The fourth-order valence-corrected chi connectivity index (χ4v) is 3.51. The van der Waals surface area contributed by atoms with Crippen LogP contribution in [0.1, 0.15) is 17.7 Å². The van der Waals surface area contributed by atoms with Crippen molar-refractivity contribution in [2.45, 2.75) is 25.3 Å². The highest BCUT2D eigenvalue weighted by Gasteiger charge is 2.21. The predicted octanol–water partition coefficient (Wildman–Crippen LogP) is 3.21. The van der Waals surface area contributed by atoms with Crippen LogP contribution < -0.4 is 10.2 Å². The van der Waals surface area contributed by atoms with Crippen molar-refractivity contribution in [1.82, 2.24) is 5.32 Å². The quantitative estimate of drug-likeness (QED) is 0.939. The fraction of sp³-hybridized carbons (Fsp3) is 0.353. The molecule has 2 heterocycles. The largest absolute Gasteiger partial charge is 0.371 e. The van der Waals surface area contributed by atoms with Gasteiger partial charge in [-0.1, -0.05) is 12.1 Å². The second-order valence-electron chi connectivity index (χ2n) is 5.56. The molecule has 3 nitrogen and oxygen atoms in total. The first-order valence-corrected chi connectivity index (χ1v) is 8.41. The van der Waals surface area contributed by atoms with Crippen molar-refractivity contribution < 1.29 is 9.18 Å². The van der Waals surface area contributed by atoms with E-state index in [9.17, 15) is 9.18 Å². The molecule has 1 N–H and O–H groups in total. The van der Waals surface area contributed by atoms with Gasteiger partial charge in [0.2, 0.25) is 5.91 Å². The second kappa shape index (κ2) is 6.92. The summed E-state index contributed by atoms with van der Waals surface area (Å²) in [6, 6.07) is 10.9. The first-order chi connectivity index (χ1) is 10.7. The Balaban J connectivity index is 1.48. The zero-order valence-electron chi connectivity index (χ0n) is 12.3. The van der Waals surface area contributed by atoms with Gasteiger partial charge in [0.1, 0.15) is 5.82 Å². The maximum Gasteiger partial charge on any atom is 0.225 e. The number of carbonyl (C=O) groups excluding carboxylic acids is 1. The van der Waals surface area contributed by atoms with Crippen LogP contribution in [0.5, 0.6) is 0 Å². The van der Waals surface area contributed by atoms with Crippen molar-refractivity contribution in [3.8, 4) is 0 Å². The Morgan fingerprint density at radius 2 is 2.09 bits per heavy atom. The third-order valence-electron chi connectivity index (χ3n) is 3.95. The minimum absolute atomic E-state index is 0.0895. The normalized spacial score (nSPS) is 15.8. The van der Waals surface area contributed by atoms with Crippen molar-refractivity contribution in [3.63, 3.8) is 0 Å². The number of benzene rings is 1. The van der Waals surface area contributed by atoms with Crippen LogP contribution in [0, 0.1) is 5.82 Å². The lowest BCUT2D eigenvalue weighted by atomic mass is 10.0. The highest BCUT2D eigenvalue weighted by atomic mass is 32.1. The van der Waals surface area contributed by atoms with Gasteiger partial charge in [0.15, 0.2) is 0 Å². The van der Waals surface area contributed by atoms with Gasteiger partial charge >= 0.3 is 0 Å². The monoisotopic (exact) mass is 318 g/mol. The Labute approximate surface area is 133 Å². The maximum absolute atomic E-state index is 13.3. The van der Waals surface area contributed by atoms with Crippen LogP contribution in [-0.2, 0) is 11.2 Å². The first-order valence-electron chi connectivity index (χ1n) is 7.53. The zero-order valence-corrected chi connectivity index (χ0v) is 13.1. The molecule has 116 valence electrons. The molecule has 0 spiro atoms. The molecule has 1 saturated heterocycles. The minimum Gasteiger partial charge on any atom is -0.371 e. The average molecular weight is 318 g/mol. The molecule has 1 fully saturated rings. The van der Waals surface area contributed by atoms with E-state index < -0.39 is 0 Å². The lowest BCUT2D eigenvalue weighted by Crippen LogP contribution is -2.45. The Bertz CT molecular complexity index is 621. The number of hydrogen-bond acceptors (Lipinski definition) is 3. The van der Waals surface area contributed by atoms with Crippen LogP contribution in [-0.4, -0.2) is 25.0 Å². The molecule has 22 heavy (non-hydrogen) atoms. The van der Waals surface area contributed by atoms with Gasteiger partial charge in [-0.2, -0.15) is 0 Å². The van der Waals surface area contributed by atoms with E-state index in [1.54, 1.807) is 23.5 Å². The first kappa shape index (κ1) is 15.0. The van der Waals surface area contributed by atoms with Gasteiger partial charge in [0, 0.05) is 29.7 Å². The molecule has 0 radical (unpaired) electrons. The van der Waals surface area contributed by atoms with E-state index in [-0.39, 0.29) is 17.8 Å². The summed E-state index contributed by atoms with van der Waals surface area (Å²) in [6.07, 6.45) is 2.25. The Kier molecular flexibility index (Phi) is 4.73. The minimum atomic E-state index is -0.205. The van der Waals surface area contributed by atoms with Gasteiger partial charge in [-0.25, -0.2) is 4.39 Å². The number of piperidine rings is 1. The van der Waals surface area contributed by atoms with Crippen molar-refractivity contribution >= 4 is 22.9 Å². The van der Waals surface area contributed by atoms with E-state index in [0.29, 0.717) is 6.42 Å². The van der Waals surface area contributed by atoms with Gasteiger partial charge in [-0.05, 0) is 42.5 Å². The lowest BCUT2D eigenvalue weighted by Gasteiger charge is -2.34. The van der Waals surface area contributed by atoms with Crippen molar-refractivity contribution in [2.75, 3.05) is 18.0 Å². The van der Waals surface area contributed by atoms with Crippen LogP contribution in [0.4, 0.5) is 10.1 Å². The topological polar surface area (TPSA) is 32.3 Å². The highest BCUT2D eigenvalue weighted by molar-refractivity contribution is 7.10. The molecule has 0 bridgehead atoms. The number of thiophene rings is 1. The maximum atomic E-state index is 13.3. The number of rotatable bonds is 4. The average Bonchev–Trinajstić information content (AvgIpc) is 3.01.